The summed E-state index contributed by atoms with van der Waals surface area (Å²) in [5.41, 5.74) is -2.77. The summed E-state index contributed by atoms with van der Waals surface area (Å²) in [6.45, 7) is -1.18. The molecule has 3 rings (SSSR count). The topological polar surface area (TPSA) is 79.7 Å². The molecule has 0 aliphatic carbocycles. The molecule has 1 aromatic heterocycles. The third-order valence-electron chi connectivity index (χ3n) is 4.48. The summed E-state index contributed by atoms with van der Waals surface area (Å²) in [5.74, 6) is -1.70. The molecule has 2 heterocycles. The highest BCUT2D eigenvalue weighted by atomic mass is 19.4. The Labute approximate surface area is 152 Å². The number of amides is 1. The number of nitrogens with zero attached hydrogens (tertiary/aromatic N) is 2. The lowest BCUT2D eigenvalue weighted by Gasteiger charge is -2.27. The van der Waals surface area contributed by atoms with Gasteiger partial charge in [-0.3, -0.25) is 14.6 Å². The summed E-state index contributed by atoms with van der Waals surface area (Å²) >= 11 is 0. The maximum absolute atomic E-state index is 13.2. The number of rotatable bonds is 4. The fourth-order valence-electron chi connectivity index (χ4n) is 2.90. The zero-order chi connectivity index (χ0) is 19.7. The summed E-state index contributed by atoms with van der Waals surface area (Å²) in [5, 5.41) is 9.07. The Morgan fingerprint density at radius 1 is 1.15 bits per heavy atom. The van der Waals surface area contributed by atoms with Crippen LogP contribution in [0.4, 0.5) is 13.2 Å². The van der Waals surface area contributed by atoms with Crippen LogP contribution in [0, 0.1) is 5.41 Å². The number of aliphatic carboxylic acids is 1. The third kappa shape index (κ3) is 3.57. The number of carboxylic acid groups (broad SMARTS) is 1. The molecule has 0 bridgehead atoms. The molecule has 1 amide bonds. The van der Waals surface area contributed by atoms with Gasteiger partial charge in [-0.1, -0.05) is 0 Å². The van der Waals surface area contributed by atoms with Gasteiger partial charge in [0, 0.05) is 24.8 Å². The normalized spacial score (nSPS) is 19.7. The molecule has 1 saturated heterocycles. The van der Waals surface area contributed by atoms with Gasteiger partial charge in [-0.15, -0.1) is 0 Å². The first-order valence-electron chi connectivity index (χ1n) is 8.00. The Hall–Kier alpha value is -3.10. The number of carbonyl (C=O) groups excluding carboxylic acids is 1. The minimum Gasteiger partial charge on any atom is -0.481 e. The highest BCUT2D eigenvalue weighted by molar-refractivity contribution is 5.95. The number of ether oxygens (including phenoxy) is 1. The number of alkyl halides is 3. The van der Waals surface area contributed by atoms with E-state index >= 15 is 0 Å². The molecule has 2 aromatic rings. The molecule has 27 heavy (non-hydrogen) atoms. The van der Waals surface area contributed by atoms with Crippen LogP contribution in [0.5, 0.6) is 11.5 Å². The second kappa shape index (κ2) is 6.90. The number of carbonyl (C=O) groups is 2. The highest BCUT2D eigenvalue weighted by Crippen LogP contribution is 2.46. The third-order valence-corrected chi connectivity index (χ3v) is 4.48. The molecule has 9 heteroatoms. The van der Waals surface area contributed by atoms with Crippen LogP contribution in [0.25, 0.3) is 0 Å². The number of hydrogen-bond donors (Lipinski definition) is 1. The number of pyridine rings is 1. The average Bonchev–Trinajstić information content (AvgIpc) is 3.10. The van der Waals surface area contributed by atoms with Crippen LogP contribution < -0.4 is 4.74 Å². The van der Waals surface area contributed by atoms with Gasteiger partial charge in [0.05, 0.1) is 6.20 Å². The first-order valence-corrected chi connectivity index (χ1v) is 8.00. The number of hydrogen-bond acceptors (Lipinski definition) is 4. The number of halogens is 3. The van der Waals surface area contributed by atoms with Crippen molar-refractivity contribution in [3.05, 3.63) is 54.4 Å². The van der Waals surface area contributed by atoms with Crippen molar-refractivity contribution in [2.45, 2.75) is 12.6 Å². The highest BCUT2D eigenvalue weighted by Gasteiger charge is 2.64. The zero-order valence-electron chi connectivity index (χ0n) is 13.9. The Bertz CT molecular complexity index is 840. The Morgan fingerprint density at radius 3 is 2.37 bits per heavy atom. The lowest BCUT2D eigenvalue weighted by Crippen LogP contribution is -2.47. The van der Waals surface area contributed by atoms with Gasteiger partial charge in [-0.2, -0.15) is 13.2 Å². The summed E-state index contributed by atoms with van der Waals surface area (Å²) in [6.07, 6.45) is -2.51. The summed E-state index contributed by atoms with van der Waals surface area (Å²) in [7, 11) is 0. The molecule has 0 saturated carbocycles. The molecule has 1 atom stereocenters. The number of aromatic nitrogens is 1. The molecule has 1 unspecified atom stereocenters. The van der Waals surface area contributed by atoms with Crippen LogP contribution in [0.2, 0.25) is 0 Å². The van der Waals surface area contributed by atoms with Gasteiger partial charge in [0.15, 0.2) is 5.41 Å². The van der Waals surface area contributed by atoms with E-state index in [1.807, 2.05) is 0 Å². The van der Waals surface area contributed by atoms with Gasteiger partial charge in [-0.25, -0.2) is 0 Å². The number of likely N-dealkylation sites (tertiary alicyclic amines) is 1. The average molecular weight is 380 g/mol. The molecule has 0 spiro atoms. The van der Waals surface area contributed by atoms with Crippen LogP contribution in [0.1, 0.15) is 16.8 Å². The van der Waals surface area contributed by atoms with Crippen molar-refractivity contribution in [1.29, 1.82) is 0 Å². The second-order valence-electron chi connectivity index (χ2n) is 6.18. The summed E-state index contributed by atoms with van der Waals surface area (Å²) in [6, 6.07) is 9.23. The Balaban J connectivity index is 1.72. The van der Waals surface area contributed by atoms with Crippen LogP contribution in [0.3, 0.4) is 0 Å². The van der Waals surface area contributed by atoms with Gasteiger partial charge in [0.1, 0.15) is 11.5 Å². The molecule has 1 aliphatic rings. The SMILES string of the molecule is O=C(c1ccc(Oc2cccnc2)cc1)N1CCC(C(=O)O)(C(F)(F)F)C1. The van der Waals surface area contributed by atoms with E-state index in [2.05, 4.69) is 4.98 Å². The van der Waals surface area contributed by atoms with E-state index in [0.29, 0.717) is 11.5 Å². The van der Waals surface area contributed by atoms with Crippen molar-refractivity contribution in [3.63, 3.8) is 0 Å². The van der Waals surface area contributed by atoms with Gasteiger partial charge >= 0.3 is 12.1 Å². The van der Waals surface area contributed by atoms with Crippen LogP contribution in [-0.2, 0) is 4.79 Å². The van der Waals surface area contributed by atoms with Crippen molar-refractivity contribution >= 4 is 11.9 Å². The fourth-order valence-corrected chi connectivity index (χ4v) is 2.90. The molecule has 1 N–H and O–H groups in total. The number of carboxylic acids is 1. The number of benzene rings is 1. The van der Waals surface area contributed by atoms with Crippen LogP contribution in [0.15, 0.2) is 48.8 Å². The minimum atomic E-state index is -4.94. The monoisotopic (exact) mass is 380 g/mol. The lowest BCUT2D eigenvalue weighted by molar-refractivity contribution is -0.227. The zero-order valence-corrected chi connectivity index (χ0v) is 13.9. The molecular formula is C18H15F3N2O4. The first-order chi connectivity index (χ1) is 12.7. The van der Waals surface area contributed by atoms with Crippen LogP contribution in [-0.4, -0.2) is 46.1 Å². The predicted octanol–water partition coefficient (Wildman–Crippen LogP) is 3.35. The van der Waals surface area contributed by atoms with Crippen molar-refractivity contribution in [1.82, 2.24) is 9.88 Å². The second-order valence-corrected chi connectivity index (χ2v) is 6.18. The van der Waals surface area contributed by atoms with Gasteiger partial charge < -0.3 is 14.7 Å². The van der Waals surface area contributed by atoms with Crippen molar-refractivity contribution in [2.75, 3.05) is 13.1 Å². The lowest BCUT2D eigenvalue weighted by atomic mass is 9.86. The van der Waals surface area contributed by atoms with Crippen molar-refractivity contribution in [2.24, 2.45) is 5.41 Å². The molecule has 6 nitrogen and oxygen atoms in total. The summed E-state index contributed by atoms with van der Waals surface area (Å²) < 4.78 is 45.2. The van der Waals surface area contributed by atoms with E-state index in [1.165, 1.54) is 30.5 Å². The van der Waals surface area contributed by atoms with Crippen molar-refractivity contribution in [3.8, 4) is 11.5 Å². The van der Waals surface area contributed by atoms with E-state index in [-0.39, 0.29) is 12.1 Å². The van der Waals surface area contributed by atoms with Gasteiger partial charge in [-0.05, 0) is 42.8 Å². The molecule has 142 valence electrons. The molecule has 1 aromatic carbocycles. The first kappa shape index (κ1) is 18.7. The molecule has 0 radical (unpaired) electrons. The standard InChI is InChI=1S/C18H15F3N2O4/c19-18(20,21)17(16(25)26)7-9-23(11-17)15(24)12-3-5-13(6-4-12)27-14-2-1-8-22-10-14/h1-6,8,10H,7,9,11H2,(H,25,26). The van der Waals surface area contributed by atoms with E-state index in [4.69, 9.17) is 9.84 Å². The van der Waals surface area contributed by atoms with E-state index in [9.17, 15) is 22.8 Å². The maximum atomic E-state index is 13.2. The Kier molecular flexibility index (Phi) is 4.77. The molecule has 1 fully saturated rings. The molecular weight excluding hydrogens is 365 g/mol. The summed E-state index contributed by atoms with van der Waals surface area (Å²) in [4.78, 5) is 28.5. The fraction of sp³-hybridized carbons (Fsp3) is 0.278. The van der Waals surface area contributed by atoms with E-state index in [0.717, 1.165) is 4.90 Å². The van der Waals surface area contributed by atoms with E-state index < -0.39 is 36.4 Å². The largest absolute Gasteiger partial charge is 0.481 e. The quantitative estimate of drug-likeness (QED) is 0.880. The van der Waals surface area contributed by atoms with Gasteiger partial charge in [0.25, 0.3) is 5.91 Å². The van der Waals surface area contributed by atoms with Crippen LogP contribution >= 0.6 is 0 Å². The predicted molar refractivity (Wildman–Crippen MR) is 87.4 cm³/mol. The maximum Gasteiger partial charge on any atom is 0.406 e. The van der Waals surface area contributed by atoms with Crippen molar-refractivity contribution < 1.29 is 32.6 Å². The Morgan fingerprint density at radius 2 is 1.85 bits per heavy atom. The molecule has 1 aliphatic heterocycles. The van der Waals surface area contributed by atoms with E-state index in [1.54, 1.807) is 18.3 Å². The smallest absolute Gasteiger partial charge is 0.406 e. The minimum absolute atomic E-state index is 0.150. The van der Waals surface area contributed by atoms with Gasteiger partial charge in [0.2, 0.25) is 0 Å².